The summed E-state index contributed by atoms with van der Waals surface area (Å²) in [6.45, 7) is 9.15. The molecule has 140 valence electrons. The molecule has 0 bridgehead atoms. The zero-order valence-corrected chi connectivity index (χ0v) is 15.9. The maximum absolute atomic E-state index is 13.2. The Bertz CT molecular complexity index is 771. The standard InChI is InChI=1S/C20H27N3O3/c1-5-17(24)23(20(2,3)4)13-18(25)22-11-10-21-9-6-7-16(21)19(22)15-8-12-26-14-15/h6-9,12,14,19H,5,10-11,13H2,1-4H3/t19-/m0/s1. The summed E-state index contributed by atoms with van der Waals surface area (Å²) in [5, 5.41) is 0. The van der Waals surface area contributed by atoms with Gasteiger partial charge in [0.1, 0.15) is 12.6 Å². The van der Waals surface area contributed by atoms with E-state index < -0.39 is 5.54 Å². The second-order valence-corrected chi connectivity index (χ2v) is 7.68. The van der Waals surface area contributed by atoms with Gasteiger partial charge in [0.2, 0.25) is 11.8 Å². The average Bonchev–Trinajstić information content (AvgIpc) is 3.27. The minimum atomic E-state index is -0.399. The minimum Gasteiger partial charge on any atom is -0.472 e. The van der Waals surface area contributed by atoms with E-state index in [9.17, 15) is 9.59 Å². The molecule has 2 aromatic rings. The number of carbonyl (C=O) groups is 2. The SMILES string of the molecule is CCC(=O)N(CC(=O)N1CCn2cccc2[C@@H]1c1ccoc1)C(C)(C)C. The van der Waals surface area contributed by atoms with Gasteiger partial charge in [0.05, 0.1) is 12.5 Å². The fourth-order valence-electron chi connectivity index (χ4n) is 3.55. The molecule has 0 N–H and O–H groups in total. The van der Waals surface area contributed by atoms with Crippen molar-refractivity contribution >= 4 is 11.8 Å². The highest BCUT2D eigenvalue weighted by Crippen LogP contribution is 2.33. The first kappa shape index (κ1) is 18.3. The molecular weight excluding hydrogens is 330 g/mol. The summed E-state index contributed by atoms with van der Waals surface area (Å²) in [5.74, 6) is -0.0496. The molecule has 2 amide bonds. The van der Waals surface area contributed by atoms with Gasteiger partial charge < -0.3 is 18.8 Å². The molecule has 0 saturated heterocycles. The molecule has 1 atom stereocenters. The molecule has 1 aliphatic heterocycles. The summed E-state index contributed by atoms with van der Waals surface area (Å²) in [6.07, 6.45) is 5.74. The minimum absolute atomic E-state index is 0.00824. The molecule has 3 rings (SSSR count). The largest absolute Gasteiger partial charge is 0.472 e. The van der Waals surface area contributed by atoms with Crippen LogP contribution in [0.15, 0.2) is 41.3 Å². The van der Waals surface area contributed by atoms with Crippen LogP contribution in [0.4, 0.5) is 0 Å². The first-order valence-electron chi connectivity index (χ1n) is 9.10. The molecule has 0 fully saturated rings. The molecular formula is C20H27N3O3. The van der Waals surface area contributed by atoms with E-state index in [1.54, 1.807) is 17.4 Å². The van der Waals surface area contributed by atoms with Gasteiger partial charge in [-0.3, -0.25) is 9.59 Å². The van der Waals surface area contributed by atoms with Crippen LogP contribution >= 0.6 is 0 Å². The highest BCUT2D eigenvalue weighted by Gasteiger charge is 2.35. The van der Waals surface area contributed by atoms with Crippen LogP contribution in [0.3, 0.4) is 0 Å². The van der Waals surface area contributed by atoms with E-state index in [0.29, 0.717) is 13.0 Å². The van der Waals surface area contributed by atoms with Crippen LogP contribution in [0.1, 0.15) is 51.4 Å². The third-order valence-corrected chi connectivity index (χ3v) is 4.92. The Morgan fingerprint density at radius 3 is 2.65 bits per heavy atom. The predicted molar refractivity (Wildman–Crippen MR) is 98.5 cm³/mol. The van der Waals surface area contributed by atoms with Crippen LogP contribution in [0.25, 0.3) is 0 Å². The fraction of sp³-hybridized carbons (Fsp3) is 0.500. The van der Waals surface area contributed by atoms with Gasteiger partial charge in [0.25, 0.3) is 0 Å². The van der Waals surface area contributed by atoms with E-state index in [1.165, 1.54) is 0 Å². The Morgan fingerprint density at radius 2 is 2.04 bits per heavy atom. The Hall–Kier alpha value is -2.50. The third kappa shape index (κ3) is 3.41. The van der Waals surface area contributed by atoms with Gasteiger partial charge in [-0.15, -0.1) is 0 Å². The van der Waals surface area contributed by atoms with Crippen LogP contribution in [-0.4, -0.2) is 44.8 Å². The Balaban J connectivity index is 1.89. The number of hydrogen-bond acceptors (Lipinski definition) is 3. The van der Waals surface area contributed by atoms with Crippen LogP contribution in [0.5, 0.6) is 0 Å². The molecule has 0 unspecified atom stereocenters. The van der Waals surface area contributed by atoms with E-state index >= 15 is 0 Å². The first-order valence-corrected chi connectivity index (χ1v) is 9.10. The number of aromatic nitrogens is 1. The number of rotatable bonds is 4. The van der Waals surface area contributed by atoms with Crippen LogP contribution in [0, 0.1) is 0 Å². The van der Waals surface area contributed by atoms with Gasteiger partial charge in [0, 0.05) is 42.5 Å². The zero-order valence-electron chi connectivity index (χ0n) is 15.9. The molecule has 0 aliphatic carbocycles. The monoisotopic (exact) mass is 357 g/mol. The van der Waals surface area contributed by atoms with Crippen molar-refractivity contribution in [2.45, 2.75) is 52.2 Å². The molecule has 6 nitrogen and oxygen atoms in total. The van der Waals surface area contributed by atoms with Crippen molar-refractivity contribution in [3.63, 3.8) is 0 Å². The number of amides is 2. The quantitative estimate of drug-likeness (QED) is 0.845. The van der Waals surface area contributed by atoms with Crippen molar-refractivity contribution < 1.29 is 14.0 Å². The van der Waals surface area contributed by atoms with Crippen LogP contribution in [-0.2, 0) is 16.1 Å². The van der Waals surface area contributed by atoms with Gasteiger partial charge in [-0.25, -0.2) is 0 Å². The second kappa shape index (κ2) is 7.02. The number of carbonyl (C=O) groups excluding carboxylic acids is 2. The summed E-state index contributed by atoms with van der Waals surface area (Å²) >= 11 is 0. The average molecular weight is 357 g/mol. The topological polar surface area (TPSA) is 58.7 Å². The lowest BCUT2D eigenvalue weighted by atomic mass is 10.0. The van der Waals surface area contributed by atoms with Crippen molar-refractivity contribution in [3.8, 4) is 0 Å². The molecule has 0 aromatic carbocycles. The summed E-state index contributed by atoms with van der Waals surface area (Å²) in [4.78, 5) is 29.1. The van der Waals surface area contributed by atoms with E-state index in [-0.39, 0.29) is 24.4 Å². The van der Waals surface area contributed by atoms with Gasteiger partial charge in [-0.05, 0) is 39.0 Å². The zero-order chi connectivity index (χ0) is 18.9. The number of hydrogen-bond donors (Lipinski definition) is 0. The van der Waals surface area contributed by atoms with Gasteiger partial charge >= 0.3 is 0 Å². The van der Waals surface area contributed by atoms with Gasteiger partial charge in [0.15, 0.2) is 0 Å². The van der Waals surface area contributed by atoms with Crippen molar-refractivity contribution in [2.24, 2.45) is 0 Å². The van der Waals surface area contributed by atoms with Crippen molar-refractivity contribution in [3.05, 3.63) is 48.2 Å². The lowest BCUT2D eigenvalue weighted by Crippen LogP contribution is -2.53. The summed E-state index contributed by atoms with van der Waals surface area (Å²) in [7, 11) is 0. The Labute approximate surface area is 154 Å². The molecule has 0 spiro atoms. The molecule has 1 aliphatic rings. The molecule has 3 heterocycles. The molecule has 0 saturated carbocycles. The van der Waals surface area contributed by atoms with E-state index in [1.807, 2.05) is 57.0 Å². The van der Waals surface area contributed by atoms with Crippen molar-refractivity contribution in [1.82, 2.24) is 14.4 Å². The van der Waals surface area contributed by atoms with E-state index in [4.69, 9.17) is 4.42 Å². The highest BCUT2D eigenvalue weighted by molar-refractivity contribution is 5.85. The van der Waals surface area contributed by atoms with Crippen LogP contribution < -0.4 is 0 Å². The second-order valence-electron chi connectivity index (χ2n) is 7.68. The van der Waals surface area contributed by atoms with Crippen molar-refractivity contribution in [1.29, 1.82) is 0 Å². The lowest BCUT2D eigenvalue weighted by molar-refractivity contribution is -0.146. The predicted octanol–water partition coefficient (Wildman–Crippen LogP) is 3.05. The van der Waals surface area contributed by atoms with E-state index in [2.05, 4.69) is 4.57 Å². The summed E-state index contributed by atoms with van der Waals surface area (Å²) < 4.78 is 7.43. The first-order chi connectivity index (χ1) is 12.3. The molecule has 2 aromatic heterocycles. The summed E-state index contributed by atoms with van der Waals surface area (Å²) in [5.41, 5.74) is 1.61. The fourth-order valence-corrected chi connectivity index (χ4v) is 3.55. The van der Waals surface area contributed by atoms with Gasteiger partial charge in [-0.2, -0.15) is 0 Å². The molecule has 26 heavy (non-hydrogen) atoms. The maximum Gasteiger partial charge on any atom is 0.243 e. The van der Waals surface area contributed by atoms with Crippen molar-refractivity contribution in [2.75, 3.05) is 13.1 Å². The van der Waals surface area contributed by atoms with Crippen LogP contribution in [0.2, 0.25) is 0 Å². The molecule has 6 heteroatoms. The lowest BCUT2D eigenvalue weighted by Gasteiger charge is -2.40. The Morgan fingerprint density at radius 1 is 1.27 bits per heavy atom. The molecule has 0 radical (unpaired) electrons. The Kier molecular flexibility index (Phi) is 4.94. The summed E-state index contributed by atoms with van der Waals surface area (Å²) in [6, 6.07) is 5.74. The number of nitrogens with zero attached hydrogens (tertiary/aromatic N) is 3. The normalized spacial score (nSPS) is 17.1. The maximum atomic E-state index is 13.2. The van der Waals surface area contributed by atoms with E-state index in [0.717, 1.165) is 17.8 Å². The number of fused-ring (bicyclic) bond motifs is 1. The highest BCUT2D eigenvalue weighted by atomic mass is 16.3. The number of furan rings is 1. The van der Waals surface area contributed by atoms with Gasteiger partial charge in [-0.1, -0.05) is 6.92 Å². The third-order valence-electron chi connectivity index (χ3n) is 4.92. The smallest absolute Gasteiger partial charge is 0.243 e.